The van der Waals surface area contributed by atoms with E-state index in [0.29, 0.717) is 28.6 Å². The predicted molar refractivity (Wildman–Crippen MR) is 97.6 cm³/mol. The highest BCUT2D eigenvalue weighted by Gasteiger charge is 2.14. The van der Waals surface area contributed by atoms with Gasteiger partial charge in [0.2, 0.25) is 0 Å². The number of aromatic carboxylic acids is 1. The van der Waals surface area contributed by atoms with Gasteiger partial charge in [-0.15, -0.1) is 11.3 Å². The van der Waals surface area contributed by atoms with Crippen molar-refractivity contribution in [2.24, 2.45) is 5.92 Å². The first-order valence-corrected chi connectivity index (χ1v) is 8.63. The van der Waals surface area contributed by atoms with Crippen LogP contribution in [0.2, 0.25) is 0 Å². The summed E-state index contributed by atoms with van der Waals surface area (Å²) in [7, 11) is 0. The zero-order chi connectivity index (χ0) is 18.6. The standard InChI is InChI=1S/C18H20N2O4S/c1-10(2)9-19-16(21)12-4-5-13(11(3)8-12)20-17(22)14-6-7-15(25-14)18(23)24/h4-8,10H,9H2,1-3H3,(H,19,21)(H,20,22)(H,23,24). The number of nitrogens with one attached hydrogen (secondary N) is 2. The van der Waals surface area contributed by atoms with E-state index in [1.165, 1.54) is 12.1 Å². The maximum atomic E-state index is 12.2. The highest BCUT2D eigenvalue weighted by Crippen LogP contribution is 2.21. The van der Waals surface area contributed by atoms with Crippen LogP contribution in [0.15, 0.2) is 30.3 Å². The molecular weight excluding hydrogens is 340 g/mol. The van der Waals surface area contributed by atoms with Crippen LogP contribution in [0.4, 0.5) is 5.69 Å². The molecule has 2 aromatic rings. The lowest BCUT2D eigenvalue weighted by Crippen LogP contribution is -2.27. The summed E-state index contributed by atoms with van der Waals surface area (Å²) < 4.78 is 0. The molecule has 0 bridgehead atoms. The molecule has 132 valence electrons. The highest BCUT2D eigenvalue weighted by atomic mass is 32.1. The molecule has 0 aliphatic rings. The van der Waals surface area contributed by atoms with Crippen molar-refractivity contribution in [3.63, 3.8) is 0 Å². The Morgan fingerprint density at radius 2 is 1.76 bits per heavy atom. The molecule has 6 nitrogen and oxygen atoms in total. The minimum absolute atomic E-state index is 0.110. The topological polar surface area (TPSA) is 95.5 Å². The van der Waals surface area contributed by atoms with E-state index in [-0.39, 0.29) is 16.7 Å². The number of anilines is 1. The summed E-state index contributed by atoms with van der Waals surface area (Å²) in [6, 6.07) is 7.91. The van der Waals surface area contributed by atoms with E-state index in [9.17, 15) is 14.4 Å². The van der Waals surface area contributed by atoms with Crippen molar-refractivity contribution in [3.8, 4) is 0 Å². The SMILES string of the molecule is Cc1cc(C(=O)NCC(C)C)ccc1NC(=O)c1ccc(C(=O)O)s1. The van der Waals surface area contributed by atoms with Gasteiger partial charge in [-0.25, -0.2) is 4.79 Å². The monoisotopic (exact) mass is 360 g/mol. The molecule has 0 fully saturated rings. The lowest BCUT2D eigenvalue weighted by molar-refractivity contribution is 0.0701. The molecule has 0 unspecified atom stereocenters. The van der Waals surface area contributed by atoms with Crippen LogP contribution in [0.3, 0.4) is 0 Å². The first-order chi connectivity index (χ1) is 11.8. The fourth-order valence-electron chi connectivity index (χ4n) is 2.10. The predicted octanol–water partition coefficient (Wildman–Crippen LogP) is 3.39. The van der Waals surface area contributed by atoms with Crippen molar-refractivity contribution in [1.82, 2.24) is 5.32 Å². The Hall–Kier alpha value is -2.67. The molecule has 1 aromatic carbocycles. The molecule has 3 N–H and O–H groups in total. The number of aryl methyl sites for hydroxylation is 1. The van der Waals surface area contributed by atoms with Gasteiger partial charge < -0.3 is 15.7 Å². The Morgan fingerprint density at radius 3 is 2.32 bits per heavy atom. The van der Waals surface area contributed by atoms with Gasteiger partial charge in [-0.05, 0) is 48.7 Å². The zero-order valence-electron chi connectivity index (χ0n) is 14.3. The normalized spacial score (nSPS) is 10.6. The minimum Gasteiger partial charge on any atom is -0.477 e. The van der Waals surface area contributed by atoms with Crippen LogP contribution in [0.5, 0.6) is 0 Å². The molecule has 2 amide bonds. The number of carboxylic acids is 1. The summed E-state index contributed by atoms with van der Waals surface area (Å²) >= 11 is 0.916. The van der Waals surface area contributed by atoms with Crippen molar-refractivity contribution < 1.29 is 19.5 Å². The van der Waals surface area contributed by atoms with Gasteiger partial charge in [0.25, 0.3) is 11.8 Å². The second kappa shape index (κ2) is 7.94. The summed E-state index contributed by atoms with van der Waals surface area (Å²) in [5.74, 6) is -1.22. The van der Waals surface area contributed by atoms with E-state index in [2.05, 4.69) is 10.6 Å². The number of rotatable bonds is 6. The van der Waals surface area contributed by atoms with Crippen molar-refractivity contribution in [2.75, 3.05) is 11.9 Å². The molecular formula is C18H20N2O4S. The molecule has 0 saturated heterocycles. The molecule has 0 saturated carbocycles. The van der Waals surface area contributed by atoms with Gasteiger partial charge in [-0.3, -0.25) is 9.59 Å². The second-order valence-corrected chi connectivity index (χ2v) is 7.14. The van der Waals surface area contributed by atoms with Gasteiger partial charge >= 0.3 is 5.97 Å². The lowest BCUT2D eigenvalue weighted by atomic mass is 10.1. The number of hydrogen-bond donors (Lipinski definition) is 3. The zero-order valence-corrected chi connectivity index (χ0v) is 15.1. The average molecular weight is 360 g/mol. The third kappa shape index (κ3) is 4.90. The summed E-state index contributed by atoms with van der Waals surface area (Å²) in [6.07, 6.45) is 0. The molecule has 25 heavy (non-hydrogen) atoms. The highest BCUT2D eigenvalue weighted by molar-refractivity contribution is 7.15. The molecule has 7 heteroatoms. The quantitative estimate of drug-likeness (QED) is 0.736. The van der Waals surface area contributed by atoms with Crippen LogP contribution in [-0.2, 0) is 0 Å². The number of carbonyl (C=O) groups is 3. The van der Waals surface area contributed by atoms with Crippen LogP contribution >= 0.6 is 11.3 Å². The van der Waals surface area contributed by atoms with Crippen LogP contribution in [0.25, 0.3) is 0 Å². The van der Waals surface area contributed by atoms with Crippen molar-refractivity contribution in [1.29, 1.82) is 0 Å². The third-order valence-electron chi connectivity index (χ3n) is 3.45. The summed E-state index contributed by atoms with van der Waals surface area (Å²) in [5.41, 5.74) is 1.86. The van der Waals surface area contributed by atoms with Crippen molar-refractivity contribution in [3.05, 3.63) is 51.2 Å². The lowest BCUT2D eigenvalue weighted by Gasteiger charge is -2.11. The second-order valence-electron chi connectivity index (χ2n) is 6.06. The first-order valence-electron chi connectivity index (χ1n) is 7.81. The number of benzene rings is 1. The summed E-state index contributed by atoms with van der Waals surface area (Å²) in [5, 5.41) is 14.5. The van der Waals surface area contributed by atoms with E-state index in [1.54, 1.807) is 25.1 Å². The van der Waals surface area contributed by atoms with E-state index >= 15 is 0 Å². The average Bonchev–Trinajstić information content (AvgIpc) is 3.04. The molecule has 0 radical (unpaired) electrons. The number of hydrogen-bond acceptors (Lipinski definition) is 4. The molecule has 0 atom stereocenters. The Bertz CT molecular complexity index is 811. The number of carboxylic acid groups (broad SMARTS) is 1. The fraction of sp³-hybridized carbons (Fsp3) is 0.278. The third-order valence-corrected chi connectivity index (χ3v) is 4.52. The van der Waals surface area contributed by atoms with E-state index < -0.39 is 5.97 Å². The number of amides is 2. The molecule has 0 aliphatic carbocycles. The number of carbonyl (C=O) groups excluding carboxylic acids is 2. The smallest absolute Gasteiger partial charge is 0.345 e. The fourth-order valence-corrected chi connectivity index (χ4v) is 2.84. The first kappa shape index (κ1) is 18.7. The Balaban J connectivity index is 2.08. The molecule has 2 rings (SSSR count). The Labute approximate surface area is 149 Å². The van der Waals surface area contributed by atoms with Gasteiger partial charge in [-0.1, -0.05) is 13.8 Å². The Morgan fingerprint density at radius 1 is 1.08 bits per heavy atom. The van der Waals surface area contributed by atoms with Gasteiger partial charge in [0.05, 0.1) is 4.88 Å². The van der Waals surface area contributed by atoms with Crippen molar-refractivity contribution in [2.45, 2.75) is 20.8 Å². The molecule has 0 spiro atoms. The van der Waals surface area contributed by atoms with Gasteiger partial charge in [0.1, 0.15) is 4.88 Å². The van der Waals surface area contributed by atoms with E-state index in [1.807, 2.05) is 13.8 Å². The Kier molecular flexibility index (Phi) is 5.93. The summed E-state index contributed by atoms with van der Waals surface area (Å²) in [4.78, 5) is 35.6. The van der Waals surface area contributed by atoms with E-state index in [4.69, 9.17) is 5.11 Å². The maximum Gasteiger partial charge on any atom is 0.345 e. The molecule has 0 aliphatic heterocycles. The van der Waals surface area contributed by atoms with Crippen LogP contribution in [-0.4, -0.2) is 29.4 Å². The maximum absolute atomic E-state index is 12.2. The van der Waals surface area contributed by atoms with Crippen LogP contribution < -0.4 is 10.6 Å². The van der Waals surface area contributed by atoms with Gasteiger partial charge in [0, 0.05) is 17.8 Å². The van der Waals surface area contributed by atoms with Gasteiger partial charge in [-0.2, -0.15) is 0 Å². The van der Waals surface area contributed by atoms with Crippen molar-refractivity contribution >= 4 is 34.8 Å². The van der Waals surface area contributed by atoms with Gasteiger partial charge in [0.15, 0.2) is 0 Å². The van der Waals surface area contributed by atoms with E-state index in [0.717, 1.165) is 16.9 Å². The molecule has 1 heterocycles. The largest absolute Gasteiger partial charge is 0.477 e. The summed E-state index contributed by atoms with van der Waals surface area (Å²) in [6.45, 7) is 6.43. The minimum atomic E-state index is -1.06. The van der Waals surface area contributed by atoms with Crippen LogP contribution in [0.1, 0.15) is 49.1 Å². The number of thiophene rings is 1. The van der Waals surface area contributed by atoms with Crippen LogP contribution in [0, 0.1) is 12.8 Å². The molecule has 1 aromatic heterocycles.